The van der Waals surface area contributed by atoms with Crippen LogP contribution in [0.1, 0.15) is 0 Å². The third-order valence-electron chi connectivity index (χ3n) is 2.52. The summed E-state index contributed by atoms with van der Waals surface area (Å²) in [5, 5.41) is 0. The number of hydrogen-bond acceptors (Lipinski definition) is 4. The molecule has 0 N–H and O–H groups in total. The molecular weight excluding hydrogens is 194 g/mol. The largest absolute Gasteiger partial charge is 0.374 e. The molecular formula is C10H15N3O2. The van der Waals surface area contributed by atoms with E-state index in [4.69, 9.17) is 4.74 Å². The van der Waals surface area contributed by atoms with Crippen molar-refractivity contribution in [2.24, 2.45) is 0 Å². The maximum Gasteiger partial charge on any atom is 0.347 e. The smallest absolute Gasteiger partial charge is 0.347 e. The summed E-state index contributed by atoms with van der Waals surface area (Å²) in [5.41, 5.74) is -0.214. The third kappa shape index (κ3) is 2.64. The molecule has 15 heavy (non-hydrogen) atoms. The van der Waals surface area contributed by atoms with E-state index >= 15 is 0 Å². The summed E-state index contributed by atoms with van der Waals surface area (Å²) in [4.78, 5) is 17.3. The number of aromatic nitrogens is 2. The Kier molecular flexibility index (Phi) is 3.13. The van der Waals surface area contributed by atoms with Crippen LogP contribution in [0.25, 0.3) is 0 Å². The average molecular weight is 209 g/mol. The molecule has 5 nitrogen and oxygen atoms in total. The first kappa shape index (κ1) is 10.3. The van der Waals surface area contributed by atoms with Crippen LogP contribution in [-0.4, -0.2) is 47.3 Å². The van der Waals surface area contributed by atoms with Crippen molar-refractivity contribution in [3.63, 3.8) is 0 Å². The van der Waals surface area contributed by atoms with E-state index in [1.807, 2.05) is 0 Å². The number of hydrogen-bond donors (Lipinski definition) is 0. The first-order valence-electron chi connectivity index (χ1n) is 5.07. The van der Waals surface area contributed by atoms with E-state index in [0.717, 1.165) is 19.7 Å². The highest BCUT2D eigenvalue weighted by molar-refractivity contribution is 4.82. The standard InChI is InChI=1S/C10H15N3O2/c1-12-5-6-15-9(7-12)8-13-4-2-3-11-10(13)14/h2-4,9H,5-8H2,1H3. The molecule has 1 aromatic rings. The highest BCUT2D eigenvalue weighted by Crippen LogP contribution is 2.04. The van der Waals surface area contributed by atoms with Gasteiger partial charge in [0.1, 0.15) is 0 Å². The lowest BCUT2D eigenvalue weighted by molar-refractivity contribution is -0.0280. The van der Waals surface area contributed by atoms with Crippen LogP contribution in [0, 0.1) is 0 Å². The fourth-order valence-corrected chi connectivity index (χ4v) is 1.72. The molecule has 82 valence electrons. The van der Waals surface area contributed by atoms with Gasteiger partial charge in [0, 0.05) is 25.5 Å². The molecule has 1 atom stereocenters. The lowest BCUT2D eigenvalue weighted by Gasteiger charge is -2.30. The minimum absolute atomic E-state index is 0.0886. The Hall–Kier alpha value is -1.20. The van der Waals surface area contributed by atoms with E-state index in [0.29, 0.717) is 6.54 Å². The topological polar surface area (TPSA) is 47.4 Å². The number of likely N-dealkylation sites (N-methyl/N-ethyl adjacent to an activating group) is 1. The van der Waals surface area contributed by atoms with E-state index in [-0.39, 0.29) is 11.8 Å². The van der Waals surface area contributed by atoms with Gasteiger partial charge in [0.05, 0.1) is 19.3 Å². The molecule has 0 aromatic carbocycles. The van der Waals surface area contributed by atoms with E-state index < -0.39 is 0 Å². The minimum Gasteiger partial charge on any atom is -0.374 e. The average Bonchev–Trinajstić information content (AvgIpc) is 2.22. The Morgan fingerprint density at radius 2 is 2.53 bits per heavy atom. The molecule has 0 saturated carbocycles. The minimum atomic E-state index is -0.214. The lowest BCUT2D eigenvalue weighted by atomic mass is 10.3. The summed E-state index contributed by atoms with van der Waals surface area (Å²) in [6.07, 6.45) is 3.34. The van der Waals surface area contributed by atoms with Crippen molar-refractivity contribution >= 4 is 0 Å². The molecule has 0 radical (unpaired) electrons. The van der Waals surface area contributed by atoms with Gasteiger partial charge in [0.15, 0.2) is 0 Å². The predicted octanol–water partition coefficient (Wildman–Crippen LogP) is -0.426. The molecule has 5 heteroatoms. The number of morpholine rings is 1. The Balaban J connectivity index is 2.02. The van der Waals surface area contributed by atoms with Crippen LogP contribution in [0.3, 0.4) is 0 Å². The molecule has 2 rings (SSSR count). The number of nitrogens with zero attached hydrogens (tertiary/aromatic N) is 3. The highest BCUT2D eigenvalue weighted by Gasteiger charge is 2.18. The Labute approximate surface area is 88.3 Å². The summed E-state index contributed by atoms with van der Waals surface area (Å²) < 4.78 is 7.17. The van der Waals surface area contributed by atoms with Gasteiger partial charge in [0.25, 0.3) is 0 Å². The summed E-state index contributed by atoms with van der Waals surface area (Å²) in [6.45, 7) is 3.13. The molecule has 1 aliphatic rings. The molecule has 1 saturated heterocycles. The van der Waals surface area contributed by atoms with Crippen LogP contribution in [0.4, 0.5) is 0 Å². The maximum atomic E-state index is 11.4. The van der Waals surface area contributed by atoms with E-state index in [2.05, 4.69) is 16.9 Å². The van der Waals surface area contributed by atoms with Crippen LogP contribution in [-0.2, 0) is 11.3 Å². The molecule has 0 aliphatic carbocycles. The second-order valence-electron chi connectivity index (χ2n) is 3.81. The lowest BCUT2D eigenvalue weighted by Crippen LogP contribution is -2.43. The summed E-state index contributed by atoms with van der Waals surface area (Å²) in [7, 11) is 2.06. The first-order chi connectivity index (χ1) is 7.25. The van der Waals surface area contributed by atoms with Gasteiger partial charge in [-0.1, -0.05) is 0 Å². The van der Waals surface area contributed by atoms with Crippen molar-refractivity contribution in [2.75, 3.05) is 26.7 Å². The van der Waals surface area contributed by atoms with E-state index in [1.54, 1.807) is 16.8 Å². The van der Waals surface area contributed by atoms with Crippen molar-refractivity contribution in [3.05, 3.63) is 28.9 Å². The Morgan fingerprint density at radius 3 is 3.27 bits per heavy atom. The normalized spacial score (nSPS) is 22.9. The summed E-state index contributed by atoms with van der Waals surface area (Å²) in [6, 6.07) is 1.76. The maximum absolute atomic E-state index is 11.4. The predicted molar refractivity (Wildman–Crippen MR) is 55.7 cm³/mol. The van der Waals surface area contributed by atoms with Crippen LogP contribution in [0.15, 0.2) is 23.3 Å². The first-order valence-corrected chi connectivity index (χ1v) is 5.07. The zero-order valence-corrected chi connectivity index (χ0v) is 8.80. The second-order valence-corrected chi connectivity index (χ2v) is 3.81. The van der Waals surface area contributed by atoms with Gasteiger partial charge in [-0.3, -0.25) is 4.57 Å². The Morgan fingerprint density at radius 1 is 1.67 bits per heavy atom. The molecule has 1 fully saturated rings. The molecule has 1 unspecified atom stereocenters. The van der Waals surface area contributed by atoms with Crippen LogP contribution in [0.5, 0.6) is 0 Å². The number of rotatable bonds is 2. The van der Waals surface area contributed by atoms with Gasteiger partial charge in [0.2, 0.25) is 0 Å². The van der Waals surface area contributed by atoms with Crippen LogP contribution < -0.4 is 5.69 Å². The molecule has 1 aliphatic heterocycles. The van der Waals surface area contributed by atoms with Crippen LogP contribution >= 0.6 is 0 Å². The van der Waals surface area contributed by atoms with Gasteiger partial charge < -0.3 is 9.64 Å². The third-order valence-corrected chi connectivity index (χ3v) is 2.52. The van der Waals surface area contributed by atoms with E-state index in [1.165, 1.54) is 6.20 Å². The fourth-order valence-electron chi connectivity index (χ4n) is 1.72. The highest BCUT2D eigenvalue weighted by atomic mass is 16.5. The molecule has 0 spiro atoms. The zero-order valence-electron chi connectivity index (χ0n) is 8.80. The van der Waals surface area contributed by atoms with Crippen LogP contribution in [0.2, 0.25) is 0 Å². The van der Waals surface area contributed by atoms with Gasteiger partial charge in [-0.25, -0.2) is 9.78 Å². The van der Waals surface area contributed by atoms with Crippen molar-refractivity contribution < 1.29 is 4.74 Å². The number of ether oxygens (including phenoxy) is 1. The molecule has 0 amide bonds. The van der Waals surface area contributed by atoms with E-state index in [9.17, 15) is 4.79 Å². The van der Waals surface area contributed by atoms with Crippen molar-refractivity contribution in [1.82, 2.24) is 14.5 Å². The molecule has 1 aromatic heterocycles. The van der Waals surface area contributed by atoms with Gasteiger partial charge in [-0.15, -0.1) is 0 Å². The quantitative estimate of drug-likeness (QED) is 0.663. The zero-order chi connectivity index (χ0) is 10.7. The SMILES string of the molecule is CN1CCOC(Cn2cccnc2=O)C1. The van der Waals surface area contributed by atoms with Gasteiger partial charge in [-0.2, -0.15) is 0 Å². The van der Waals surface area contributed by atoms with Crippen molar-refractivity contribution in [1.29, 1.82) is 0 Å². The second kappa shape index (κ2) is 4.55. The Bertz CT molecular complexity index is 377. The summed E-state index contributed by atoms with van der Waals surface area (Å²) in [5.74, 6) is 0. The van der Waals surface area contributed by atoms with Crippen molar-refractivity contribution in [2.45, 2.75) is 12.6 Å². The van der Waals surface area contributed by atoms with Gasteiger partial charge in [-0.05, 0) is 13.1 Å². The monoisotopic (exact) mass is 209 g/mol. The molecule has 0 bridgehead atoms. The molecule has 2 heterocycles. The van der Waals surface area contributed by atoms with Crippen molar-refractivity contribution in [3.8, 4) is 0 Å². The van der Waals surface area contributed by atoms with Gasteiger partial charge >= 0.3 is 5.69 Å². The summed E-state index contributed by atoms with van der Waals surface area (Å²) >= 11 is 0. The fraction of sp³-hybridized carbons (Fsp3) is 0.600.